The third-order valence-corrected chi connectivity index (χ3v) is 4.17. The van der Waals surface area contributed by atoms with Crippen LogP contribution in [0.1, 0.15) is 26.3 Å². The molecule has 7 nitrogen and oxygen atoms in total. The van der Waals surface area contributed by atoms with Crippen LogP contribution in [0.2, 0.25) is 5.02 Å². The molecule has 0 aliphatic carbocycles. The summed E-state index contributed by atoms with van der Waals surface area (Å²) in [6, 6.07) is 3.49. The summed E-state index contributed by atoms with van der Waals surface area (Å²) in [5.41, 5.74) is 1.33. The van der Waals surface area contributed by atoms with E-state index in [1.807, 2.05) is 4.90 Å². The molecule has 1 aromatic carbocycles. The number of amides is 2. The number of carbonyl (C=O) groups excluding carboxylic acids is 1. The van der Waals surface area contributed by atoms with Crippen molar-refractivity contribution in [3.63, 3.8) is 0 Å². The fourth-order valence-corrected chi connectivity index (χ4v) is 2.94. The molecule has 0 aromatic heterocycles. The van der Waals surface area contributed by atoms with E-state index in [4.69, 9.17) is 21.4 Å². The van der Waals surface area contributed by atoms with Crippen molar-refractivity contribution in [3.05, 3.63) is 29.3 Å². The van der Waals surface area contributed by atoms with E-state index in [0.717, 1.165) is 5.69 Å². The standard InChI is InChI=1S/C18H24ClN3O4/c1-5-12-10-13(19)15(21-6-8-22(9-7-21)17(24)25)11-14(12)20-16(23)26-18(2,3)4/h5,10-11H,1,6-9H2,2-4H3,(H,20,23)(H,24,25). The molecular weight excluding hydrogens is 358 g/mol. The van der Waals surface area contributed by atoms with Gasteiger partial charge in [0.1, 0.15) is 5.60 Å². The Bertz CT molecular complexity index is 707. The molecule has 0 saturated carbocycles. The van der Waals surface area contributed by atoms with Crippen LogP contribution in [-0.2, 0) is 4.74 Å². The Labute approximate surface area is 158 Å². The van der Waals surface area contributed by atoms with Crippen molar-refractivity contribution in [1.29, 1.82) is 0 Å². The second-order valence-electron chi connectivity index (χ2n) is 6.98. The predicted molar refractivity (Wildman–Crippen MR) is 103 cm³/mol. The molecule has 1 heterocycles. The fourth-order valence-electron chi connectivity index (χ4n) is 2.65. The molecule has 1 saturated heterocycles. The monoisotopic (exact) mass is 381 g/mol. The largest absolute Gasteiger partial charge is 0.465 e. The molecule has 8 heteroatoms. The molecule has 2 rings (SSSR count). The number of piperazine rings is 1. The quantitative estimate of drug-likeness (QED) is 0.822. The van der Waals surface area contributed by atoms with Gasteiger partial charge in [0.15, 0.2) is 0 Å². The van der Waals surface area contributed by atoms with Gasteiger partial charge in [-0.15, -0.1) is 0 Å². The van der Waals surface area contributed by atoms with E-state index in [0.29, 0.717) is 42.5 Å². The summed E-state index contributed by atoms with van der Waals surface area (Å²) in [6.07, 6.45) is 0.111. The van der Waals surface area contributed by atoms with Gasteiger partial charge in [0.05, 0.1) is 16.4 Å². The van der Waals surface area contributed by atoms with Gasteiger partial charge in [-0.05, 0) is 38.5 Å². The topological polar surface area (TPSA) is 82.1 Å². The van der Waals surface area contributed by atoms with E-state index in [-0.39, 0.29) is 0 Å². The Morgan fingerprint density at radius 3 is 2.38 bits per heavy atom. The summed E-state index contributed by atoms with van der Waals surface area (Å²) in [6.45, 7) is 10.9. The van der Waals surface area contributed by atoms with Gasteiger partial charge in [-0.3, -0.25) is 5.32 Å². The van der Waals surface area contributed by atoms with Crippen LogP contribution in [0.5, 0.6) is 0 Å². The summed E-state index contributed by atoms with van der Waals surface area (Å²) >= 11 is 6.39. The first kappa shape index (κ1) is 19.9. The van der Waals surface area contributed by atoms with Crippen molar-refractivity contribution in [2.24, 2.45) is 0 Å². The Kier molecular flexibility index (Phi) is 6.02. The lowest BCUT2D eigenvalue weighted by Crippen LogP contribution is -2.48. The molecule has 26 heavy (non-hydrogen) atoms. The number of hydrogen-bond acceptors (Lipinski definition) is 4. The van der Waals surface area contributed by atoms with E-state index in [1.165, 1.54) is 4.90 Å². The van der Waals surface area contributed by atoms with Crippen molar-refractivity contribution in [3.8, 4) is 0 Å². The number of benzene rings is 1. The number of rotatable bonds is 3. The molecule has 2 N–H and O–H groups in total. The molecule has 0 atom stereocenters. The van der Waals surface area contributed by atoms with Crippen LogP contribution in [0.3, 0.4) is 0 Å². The Balaban J connectivity index is 2.22. The number of hydrogen-bond donors (Lipinski definition) is 2. The molecule has 0 bridgehead atoms. The van der Waals surface area contributed by atoms with Crippen molar-refractivity contribution < 1.29 is 19.4 Å². The summed E-state index contributed by atoms with van der Waals surface area (Å²) < 4.78 is 5.29. The number of anilines is 2. The first-order valence-electron chi connectivity index (χ1n) is 8.29. The molecule has 2 amide bonds. The highest BCUT2D eigenvalue weighted by molar-refractivity contribution is 6.33. The number of nitrogens with one attached hydrogen (secondary N) is 1. The number of nitrogens with zero attached hydrogens (tertiary/aromatic N) is 2. The van der Waals surface area contributed by atoms with E-state index < -0.39 is 17.8 Å². The molecular formula is C18H24ClN3O4. The molecule has 1 aliphatic rings. The lowest BCUT2D eigenvalue weighted by atomic mass is 10.1. The average molecular weight is 382 g/mol. The first-order valence-corrected chi connectivity index (χ1v) is 8.67. The van der Waals surface area contributed by atoms with Crippen LogP contribution in [0.15, 0.2) is 18.7 Å². The van der Waals surface area contributed by atoms with Gasteiger partial charge in [-0.25, -0.2) is 9.59 Å². The third kappa shape index (κ3) is 5.05. The minimum atomic E-state index is -0.926. The highest BCUT2D eigenvalue weighted by Gasteiger charge is 2.23. The van der Waals surface area contributed by atoms with Crippen molar-refractivity contribution in [2.75, 3.05) is 36.4 Å². The Hall–Kier alpha value is -2.41. The molecule has 0 spiro atoms. The normalized spacial score (nSPS) is 14.8. The van der Waals surface area contributed by atoms with Crippen LogP contribution in [0.25, 0.3) is 6.08 Å². The molecule has 0 radical (unpaired) electrons. The van der Waals surface area contributed by atoms with Crippen molar-refractivity contribution in [1.82, 2.24) is 4.90 Å². The summed E-state index contributed by atoms with van der Waals surface area (Å²) in [5, 5.41) is 12.3. The number of ether oxygens (including phenoxy) is 1. The molecule has 0 unspecified atom stereocenters. The van der Waals surface area contributed by atoms with Gasteiger partial charge in [-0.2, -0.15) is 0 Å². The maximum absolute atomic E-state index is 12.1. The number of carbonyl (C=O) groups is 2. The van der Waals surface area contributed by atoms with Crippen LogP contribution in [-0.4, -0.2) is 54.0 Å². The van der Waals surface area contributed by atoms with Crippen molar-refractivity contribution >= 4 is 41.2 Å². The zero-order valence-corrected chi connectivity index (χ0v) is 16.0. The van der Waals surface area contributed by atoms with Gasteiger partial charge in [0.2, 0.25) is 0 Å². The number of halogens is 1. The van der Waals surface area contributed by atoms with E-state index >= 15 is 0 Å². The zero-order chi connectivity index (χ0) is 19.5. The van der Waals surface area contributed by atoms with Crippen LogP contribution in [0, 0.1) is 0 Å². The van der Waals surface area contributed by atoms with Gasteiger partial charge in [-0.1, -0.05) is 24.3 Å². The summed E-state index contributed by atoms with van der Waals surface area (Å²) in [7, 11) is 0. The smallest absolute Gasteiger partial charge is 0.412 e. The minimum absolute atomic E-state index is 0.393. The fraction of sp³-hybridized carbons (Fsp3) is 0.444. The van der Waals surface area contributed by atoms with Gasteiger partial charge >= 0.3 is 12.2 Å². The van der Waals surface area contributed by atoms with E-state index in [9.17, 15) is 9.59 Å². The average Bonchev–Trinajstić information content (AvgIpc) is 2.54. The predicted octanol–water partition coefficient (Wildman–Crippen LogP) is 4.13. The summed E-state index contributed by atoms with van der Waals surface area (Å²) in [4.78, 5) is 26.5. The van der Waals surface area contributed by atoms with Crippen LogP contribution >= 0.6 is 11.6 Å². The van der Waals surface area contributed by atoms with Crippen LogP contribution in [0.4, 0.5) is 21.0 Å². The summed E-state index contributed by atoms with van der Waals surface area (Å²) in [5.74, 6) is 0. The zero-order valence-electron chi connectivity index (χ0n) is 15.2. The van der Waals surface area contributed by atoms with Gasteiger partial charge < -0.3 is 19.6 Å². The van der Waals surface area contributed by atoms with E-state index in [1.54, 1.807) is 39.0 Å². The molecule has 1 aliphatic heterocycles. The Morgan fingerprint density at radius 1 is 1.27 bits per heavy atom. The Morgan fingerprint density at radius 2 is 1.88 bits per heavy atom. The SMILES string of the molecule is C=Cc1cc(Cl)c(N2CCN(C(=O)O)CC2)cc1NC(=O)OC(C)(C)C. The van der Waals surface area contributed by atoms with Crippen molar-refractivity contribution in [2.45, 2.75) is 26.4 Å². The first-order chi connectivity index (χ1) is 12.1. The highest BCUT2D eigenvalue weighted by atomic mass is 35.5. The molecule has 142 valence electrons. The minimum Gasteiger partial charge on any atom is -0.465 e. The lowest BCUT2D eigenvalue weighted by Gasteiger charge is -2.35. The lowest BCUT2D eigenvalue weighted by molar-refractivity contribution is 0.0635. The molecule has 1 aromatic rings. The van der Waals surface area contributed by atoms with Crippen LogP contribution < -0.4 is 10.2 Å². The van der Waals surface area contributed by atoms with E-state index in [2.05, 4.69) is 11.9 Å². The second-order valence-corrected chi connectivity index (χ2v) is 7.39. The third-order valence-electron chi connectivity index (χ3n) is 3.87. The number of carboxylic acid groups (broad SMARTS) is 1. The maximum atomic E-state index is 12.1. The highest BCUT2D eigenvalue weighted by Crippen LogP contribution is 2.33. The maximum Gasteiger partial charge on any atom is 0.412 e. The van der Waals surface area contributed by atoms with Gasteiger partial charge in [0.25, 0.3) is 0 Å². The second kappa shape index (κ2) is 7.86. The van der Waals surface area contributed by atoms with Gasteiger partial charge in [0, 0.05) is 26.2 Å². The molecule has 1 fully saturated rings.